The highest BCUT2D eigenvalue weighted by Gasteiger charge is 2.32. The Morgan fingerprint density at radius 2 is 1.79 bits per heavy atom. The van der Waals surface area contributed by atoms with E-state index in [-0.39, 0.29) is 24.0 Å². The minimum Gasteiger partial charge on any atom is -0.491 e. The van der Waals surface area contributed by atoms with Crippen LogP contribution in [0.15, 0.2) is 12.1 Å². The smallest absolute Gasteiger partial charge is 0.200 e. The SMILES string of the molecule is CCCCC1CCC(C2CCC(OCc3ccc(OCC)c(F)c3F)CC2)OC1. The van der Waals surface area contributed by atoms with Crippen molar-refractivity contribution in [1.82, 2.24) is 0 Å². The molecule has 0 bridgehead atoms. The van der Waals surface area contributed by atoms with Crippen molar-refractivity contribution in [3.05, 3.63) is 29.3 Å². The maximum absolute atomic E-state index is 14.2. The van der Waals surface area contributed by atoms with Crippen LogP contribution in [0.1, 0.15) is 77.2 Å². The van der Waals surface area contributed by atoms with Crippen LogP contribution < -0.4 is 4.74 Å². The Bertz CT molecular complexity index is 621. The van der Waals surface area contributed by atoms with Crippen molar-refractivity contribution in [2.45, 2.75) is 90.4 Å². The number of halogens is 2. The summed E-state index contributed by atoms with van der Waals surface area (Å²) in [6, 6.07) is 3.03. The molecule has 1 aliphatic carbocycles. The average Bonchev–Trinajstić information content (AvgIpc) is 2.76. The topological polar surface area (TPSA) is 27.7 Å². The van der Waals surface area contributed by atoms with E-state index in [4.69, 9.17) is 14.2 Å². The van der Waals surface area contributed by atoms with Gasteiger partial charge in [0.1, 0.15) is 0 Å². The highest BCUT2D eigenvalue weighted by molar-refractivity contribution is 5.30. The molecule has 2 fully saturated rings. The van der Waals surface area contributed by atoms with Gasteiger partial charge < -0.3 is 14.2 Å². The van der Waals surface area contributed by atoms with E-state index in [1.54, 1.807) is 13.0 Å². The van der Waals surface area contributed by atoms with Crippen molar-refractivity contribution in [2.75, 3.05) is 13.2 Å². The van der Waals surface area contributed by atoms with E-state index in [0.29, 0.717) is 18.6 Å². The molecule has 2 atom stereocenters. The number of hydrogen-bond acceptors (Lipinski definition) is 3. The first-order chi connectivity index (χ1) is 14.1. The zero-order chi connectivity index (χ0) is 20.6. The fourth-order valence-corrected chi connectivity index (χ4v) is 4.70. The summed E-state index contributed by atoms with van der Waals surface area (Å²) in [7, 11) is 0. The van der Waals surface area contributed by atoms with Crippen molar-refractivity contribution in [3.63, 3.8) is 0 Å². The van der Waals surface area contributed by atoms with Gasteiger partial charge in [-0.15, -0.1) is 0 Å². The number of hydrogen-bond donors (Lipinski definition) is 0. The zero-order valence-corrected chi connectivity index (χ0v) is 17.9. The van der Waals surface area contributed by atoms with E-state index in [1.165, 1.54) is 38.2 Å². The molecule has 1 aromatic rings. The molecule has 5 heteroatoms. The average molecular weight is 411 g/mol. The Balaban J connectivity index is 1.40. The minimum atomic E-state index is -0.927. The molecule has 0 radical (unpaired) electrons. The second kappa shape index (κ2) is 11.3. The first kappa shape index (κ1) is 22.5. The quantitative estimate of drug-likeness (QED) is 0.470. The second-order valence-electron chi connectivity index (χ2n) is 8.59. The van der Waals surface area contributed by atoms with Crippen molar-refractivity contribution in [3.8, 4) is 5.75 Å². The van der Waals surface area contributed by atoms with Crippen LogP contribution >= 0.6 is 0 Å². The number of benzene rings is 1. The van der Waals surface area contributed by atoms with Gasteiger partial charge in [-0.1, -0.05) is 19.8 Å². The number of rotatable bonds is 9. The second-order valence-corrected chi connectivity index (χ2v) is 8.59. The van der Waals surface area contributed by atoms with Gasteiger partial charge in [0.15, 0.2) is 11.6 Å². The summed E-state index contributed by atoms with van der Waals surface area (Å²) in [5.41, 5.74) is 0.252. The lowest BCUT2D eigenvalue weighted by molar-refractivity contribution is -0.0727. The number of unbranched alkanes of at least 4 members (excludes halogenated alkanes) is 1. The highest BCUT2D eigenvalue weighted by Crippen LogP contribution is 2.36. The van der Waals surface area contributed by atoms with Gasteiger partial charge >= 0.3 is 0 Å². The maximum atomic E-state index is 14.2. The van der Waals surface area contributed by atoms with Crippen LogP contribution in [-0.4, -0.2) is 25.4 Å². The molecule has 29 heavy (non-hydrogen) atoms. The molecule has 1 saturated carbocycles. The zero-order valence-electron chi connectivity index (χ0n) is 17.9. The molecule has 0 aromatic heterocycles. The summed E-state index contributed by atoms with van der Waals surface area (Å²) < 4.78 is 45.4. The van der Waals surface area contributed by atoms with Crippen LogP contribution in [0.5, 0.6) is 5.75 Å². The molecular weight excluding hydrogens is 374 g/mol. The highest BCUT2D eigenvalue weighted by atomic mass is 19.2. The van der Waals surface area contributed by atoms with Crippen molar-refractivity contribution >= 4 is 0 Å². The summed E-state index contributed by atoms with van der Waals surface area (Å²) >= 11 is 0. The third-order valence-corrected chi connectivity index (χ3v) is 6.52. The summed E-state index contributed by atoms with van der Waals surface area (Å²) in [6.45, 7) is 5.31. The van der Waals surface area contributed by atoms with Gasteiger partial charge in [0.05, 0.1) is 25.4 Å². The lowest BCUT2D eigenvalue weighted by Gasteiger charge is -2.37. The standard InChI is InChI=1S/C24H36F2O3/c1-3-5-6-17-7-13-21(29-15-17)18-8-11-20(12-9-18)28-16-19-10-14-22(27-4-2)24(26)23(19)25/h10,14,17-18,20-21H,3-9,11-13,15-16H2,1-2H3. The molecule has 3 nitrogen and oxygen atoms in total. The predicted molar refractivity (Wildman–Crippen MR) is 110 cm³/mol. The Morgan fingerprint density at radius 1 is 1.00 bits per heavy atom. The van der Waals surface area contributed by atoms with Gasteiger partial charge in [-0.25, -0.2) is 4.39 Å². The van der Waals surface area contributed by atoms with E-state index >= 15 is 0 Å². The summed E-state index contributed by atoms with van der Waals surface area (Å²) in [6.07, 6.45) is 11.0. The van der Waals surface area contributed by atoms with Gasteiger partial charge in [0.2, 0.25) is 5.82 Å². The Hall–Kier alpha value is -1.20. The minimum absolute atomic E-state index is 0.0429. The first-order valence-electron chi connectivity index (χ1n) is 11.4. The van der Waals surface area contributed by atoms with E-state index in [0.717, 1.165) is 38.2 Å². The Kier molecular flexibility index (Phi) is 8.73. The monoisotopic (exact) mass is 410 g/mol. The molecule has 2 aliphatic rings. The maximum Gasteiger partial charge on any atom is 0.200 e. The van der Waals surface area contributed by atoms with Crippen LogP contribution in [0.4, 0.5) is 8.78 Å². The van der Waals surface area contributed by atoms with E-state index in [9.17, 15) is 8.78 Å². The molecule has 2 unspecified atom stereocenters. The largest absolute Gasteiger partial charge is 0.491 e. The van der Waals surface area contributed by atoms with Gasteiger partial charge in [-0.2, -0.15) is 4.39 Å². The molecule has 1 heterocycles. The lowest BCUT2D eigenvalue weighted by Crippen LogP contribution is -2.35. The number of ether oxygens (including phenoxy) is 3. The Morgan fingerprint density at radius 3 is 2.45 bits per heavy atom. The molecule has 1 aliphatic heterocycles. The van der Waals surface area contributed by atoms with Crippen LogP contribution in [0, 0.1) is 23.5 Å². The van der Waals surface area contributed by atoms with Gasteiger partial charge in [0, 0.05) is 12.2 Å². The first-order valence-corrected chi connectivity index (χ1v) is 11.4. The fourth-order valence-electron chi connectivity index (χ4n) is 4.70. The normalized spacial score (nSPS) is 27.7. The summed E-state index contributed by atoms with van der Waals surface area (Å²) in [4.78, 5) is 0. The molecule has 0 spiro atoms. The molecule has 3 rings (SSSR count). The van der Waals surface area contributed by atoms with Gasteiger partial charge in [0.25, 0.3) is 0 Å². The van der Waals surface area contributed by atoms with Crippen molar-refractivity contribution in [2.24, 2.45) is 11.8 Å². The fraction of sp³-hybridized carbons (Fsp3) is 0.750. The van der Waals surface area contributed by atoms with Crippen LogP contribution in [-0.2, 0) is 16.1 Å². The van der Waals surface area contributed by atoms with Gasteiger partial charge in [-0.3, -0.25) is 0 Å². The van der Waals surface area contributed by atoms with Crippen molar-refractivity contribution < 1.29 is 23.0 Å². The Labute approximate surface area is 174 Å². The molecular formula is C24H36F2O3. The third-order valence-electron chi connectivity index (χ3n) is 6.52. The molecule has 164 valence electrons. The van der Waals surface area contributed by atoms with E-state index < -0.39 is 11.6 Å². The van der Waals surface area contributed by atoms with Crippen LogP contribution in [0.3, 0.4) is 0 Å². The lowest BCUT2D eigenvalue weighted by atomic mass is 9.80. The van der Waals surface area contributed by atoms with E-state index in [2.05, 4.69) is 6.92 Å². The summed E-state index contributed by atoms with van der Waals surface area (Å²) in [5.74, 6) is -0.475. The molecule has 0 amide bonds. The molecule has 1 saturated heterocycles. The van der Waals surface area contributed by atoms with Crippen LogP contribution in [0.25, 0.3) is 0 Å². The van der Waals surface area contributed by atoms with E-state index in [1.807, 2.05) is 0 Å². The predicted octanol–water partition coefficient (Wildman–Crippen LogP) is 6.42. The third kappa shape index (κ3) is 6.14. The molecule has 0 N–H and O–H groups in total. The van der Waals surface area contributed by atoms with Gasteiger partial charge in [-0.05, 0) is 75.8 Å². The summed E-state index contributed by atoms with van der Waals surface area (Å²) in [5, 5.41) is 0. The molecule has 1 aromatic carbocycles. The van der Waals surface area contributed by atoms with Crippen LogP contribution in [0.2, 0.25) is 0 Å². The van der Waals surface area contributed by atoms with Crippen molar-refractivity contribution in [1.29, 1.82) is 0 Å².